The Hall–Kier alpha value is -0.680. The number of nitrogens with two attached hydrogens (primary N) is 1. The summed E-state index contributed by atoms with van der Waals surface area (Å²) in [6.45, 7) is 6.79. The molecule has 0 radical (unpaired) electrons. The minimum absolute atomic E-state index is 0.466. The van der Waals surface area contributed by atoms with Gasteiger partial charge in [0.05, 0.1) is 10.2 Å². The van der Waals surface area contributed by atoms with Crippen LogP contribution in [0.15, 0.2) is 10.5 Å². The Balaban J connectivity index is 2.03. The molecule has 17 heavy (non-hydrogen) atoms. The van der Waals surface area contributed by atoms with E-state index in [1.54, 1.807) is 0 Å². The number of nitrogens with zero attached hydrogens (tertiary/aromatic N) is 3. The summed E-state index contributed by atoms with van der Waals surface area (Å²) in [5.74, 6) is 0.989. The van der Waals surface area contributed by atoms with Gasteiger partial charge >= 0.3 is 0 Å². The summed E-state index contributed by atoms with van der Waals surface area (Å²) in [5, 5.41) is 8.18. The fourth-order valence-electron chi connectivity index (χ4n) is 2.30. The van der Waals surface area contributed by atoms with Crippen molar-refractivity contribution >= 4 is 21.7 Å². The fraction of sp³-hybridized carbons (Fsp3) is 0.667. The van der Waals surface area contributed by atoms with Crippen molar-refractivity contribution in [2.45, 2.75) is 38.6 Å². The van der Waals surface area contributed by atoms with E-state index >= 15 is 0 Å². The molecule has 0 saturated carbocycles. The second-order valence-corrected chi connectivity index (χ2v) is 5.76. The molecular weight excluding hydrogens is 280 g/mol. The topological polar surface area (TPSA) is 55.0 Å². The van der Waals surface area contributed by atoms with Gasteiger partial charge in [-0.15, -0.1) is 5.10 Å². The molecule has 4 nitrogen and oxygen atoms in total. The first kappa shape index (κ1) is 12.8. The van der Waals surface area contributed by atoms with E-state index in [0.717, 1.165) is 36.1 Å². The van der Waals surface area contributed by atoms with Crippen LogP contribution in [0.25, 0.3) is 0 Å². The molecule has 0 atom stereocenters. The molecule has 1 aliphatic rings. The number of hydrogen-bond donors (Lipinski definition) is 1. The Morgan fingerprint density at radius 2 is 2.00 bits per heavy atom. The van der Waals surface area contributed by atoms with Crippen molar-refractivity contribution in [2.24, 2.45) is 0 Å². The van der Waals surface area contributed by atoms with Crippen molar-refractivity contribution in [3.63, 3.8) is 0 Å². The van der Waals surface area contributed by atoms with Crippen LogP contribution in [0.3, 0.4) is 0 Å². The molecule has 1 aliphatic heterocycles. The number of aromatic nitrogens is 2. The maximum atomic E-state index is 5.65. The number of anilines is 1. The van der Waals surface area contributed by atoms with Crippen LogP contribution in [0.1, 0.15) is 38.3 Å². The zero-order valence-electron chi connectivity index (χ0n) is 10.4. The molecule has 2 rings (SSSR count). The van der Waals surface area contributed by atoms with E-state index in [-0.39, 0.29) is 0 Å². The zero-order valence-corrected chi connectivity index (χ0v) is 11.9. The summed E-state index contributed by atoms with van der Waals surface area (Å²) in [4.78, 5) is 2.51. The van der Waals surface area contributed by atoms with E-state index in [1.807, 2.05) is 6.07 Å². The molecule has 0 spiro atoms. The maximum Gasteiger partial charge on any atom is 0.160 e. The van der Waals surface area contributed by atoms with Gasteiger partial charge in [0.1, 0.15) is 0 Å². The van der Waals surface area contributed by atoms with Crippen molar-refractivity contribution in [2.75, 3.05) is 18.8 Å². The predicted molar refractivity (Wildman–Crippen MR) is 72.8 cm³/mol. The average molecular weight is 299 g/mol. The van der Waals surface area contributed by atoms with E-state index < -0.39 is 0 Å². The Bertz CT molecular complexity index is 386. The van der Waals surface area contributed by atoms with Crippen LogP contribution in [0, 0.1) is 0 Å². The van der Waals surface area contributed by atoms with Gasteiger partial charge in [0.25, 0.3) is 0 Å². The molecule has 0 unspecified atom stereocenters. The van der Waals surface area contributed by atoms with Gasteiger partial charge in [0.15, 0.2) is 5.82 Å². The van der Waals surface area contributed by atoms with Crippen LogP contribution in [0.2, 0.25) is 0 Å². The molecule has 2 N–H and O–H groups in total. The van der Waals surface area contributed by atoms with E-state index in [2.05, 4.69) is 44.9 Å². The highest BCUT2D eigenvalue weighted by molar-refractivity contribution is 9.10. The average Bonchev–Trinajstić information content (AvgIpc) is 2.33. The lowest BCUT2D eigenvalue weighted by molar-refractivity contribution is 0.170. The third kappa shape index (κ3) is 2.96. The molecule has 0 bridgehead atoms. The number of hydrogen-bond acceptors (Lipinski definition) is 4. The maximum absolute atomic E-state index is 5.65. The SMILES string of the molecule is CC(C)N1CCC(c2cc(Br)c(N)nn2)CC1. The molecule has 0 amide bonds. The number of nitrogen functional groups attached to an aromatic ring is 1. The van der Waals surface area contributed by atoms with Gasteiger partial charge in [-0.25, -0.2) is 0 Å². The molecule has 94 valence electrons. The molecule has 0 aromatic carbocycles. The highest BCUT2D eigenvalue weighted by atomic mass is 79.9. The quantitative estimate of drug-likeness (QED) is 0.911. The van der Waals surface area contributed by atoms with Crippen molar-refractivity contribution < 1.29 is 0 Å². The molecule has 1 saturated heterocycles. The summed E-state index contributed by atoms with van der Waals surface area (Å²) in [6, 6.07) is 2.65. The number of rotatable bonds is 2. The summed E-state index contributed by atoms with van der Waals surface area (Å²) < 4.78 is 0.855. The molecular formula is C12H19BrN4. The van der Waals surface area contributed by atoms with Crippen LogP contribution in [-0.4, -0.2) is 34.2 Å². The lowest BCUT2D eigenvalue weighted by Crippen LogP contribution is -2.38. The highest BCUT2D eigenvalue weighted by Gasteiger charge is 2.23. The van der Waals surface area contributed by atoms with E-state index in [4.69, 9.17) is 5.73 Å². The van der Waals surface area contributed by atoms with Gasteiger partial charge in [-0.05, 0) is 61.8 Å². The smallest absolute Gasteiger partial charge is 0.160 e. The summed E-state index contributed by atoms with van der Waals surface area (Å²) >= 11 is 3.41. The fourth-order valence-corrected chi connectivity index (χ4v) is 2.62. The van der Waals surface area contributed by atoms with E-state index in [1.165, 1.54) is 0 Å². The first-order valence-electron chi connectivity index (χ1n) is 6.10. The van der Waals surface area contributed by atoms with Gasteiger partial charge in [-0.3, -0.25) is 0 Å². The number of likely N-dealkylation sites (tertiary alicyclic amines) is 1. The second-order valence-electron chi connectivity index (χ2n) is 4.91. The Morgan fingerprint density at radius 1 is 1.35 bits per heavy atom. The second kappa shape index (κ2) is 5.31. The third-order valence-corrected chi connectivity index (χ3v) is 4.11. The normalized spacial score (nSPS) is 18.8. The van der Waals surface area contributed by atoms with Gasteiger partial charge in [-0.1, -0.05) is 0 Å². The van der Waals surface area contributed by atoms with Crippen molar-refractivity contribution in [3.8, 4) is 0 Å². The lowest BCUT2D eigenvalue weighted by atomic mass is 9.93. The molecule has 5 heteroatoms. The summed E-state index contributed by atoms with van der Waals surface area (Å²) in [5.41, 5.74) is 6.72. The van der Waals surface area contributed by atoms with Crippen LogP contribution in [-0.2, 0) is 0 Å². The molecule has 2 heterocycles. The van der Waals surface area contributed by atoms with Gasteiger partial charge in [0.2, 0.25) is 0 Å². The van der Waals surface area contributed by atoms with E-state index in [0.29, 0.717) is 17.8 Å². The minimum Gasteiger partial charge on any atom is -0.381 e. The molecule has 1 fully saturated rings. The van der Waals surface area contributed by atoms with Crippen molar-refractivity contribution in [1.29, 1.82) is 0 Å². The first-order chi connectivity index (χ1) is 8.08. The molecule has 1 aromatic heterocycles. The highest BCUT2D eigenvalue weighted by Crippen LogP contribution is 2.29. The Kier molecular flexibility index (Phi) is 3.99. The van der Waals surface area contributed by atoms with Crippen LogP contribution >= 0.6 is 15.9 Å². The number of piperidine rings is 1. The monoisotopic (exact) mass is 298 g/mol. The van der Waals surface area contributed by atoms with E-state index in [9.17, 15) is 0 Å². The van der Waals surface area contributed by atoms with Gasteiger partial charge in [0, 0.05) is 12.0 Å². The molecule has 0 aliphatic carbocycles. The Labute approximate surface area is 111 Å². The van der Waals surface area contributed by atoms with Crippen molar-refractivity contribution in [1.82, 2.24) is 15.1 Å². The summed E-state index contributed by atoms with van der Waals surface area (Å²) in [6.07, 6.45) is 2.31. The van der Waals surface area contributed by atoms with Gasteiger partial charge < -0.3 is 10.6 Å². The Morgan fingerprint density at radius 3 is 2.53 bits per heavy atom. The van der Waals surface area contributed by atoms with Crippen LogP contribution in [0.5, 0.6) is 0 Å². The van der Waals surface area contributed by atoms with Crippen LogP contribution in [0.4, 0.5) is 5.82 Å². The lowest BCUT2D eigenvalue weighted by Gasteiger charge is -2.34. The van der Waals surface area contributed by atoms with Crippen molar-refractivity contribution in [3.05, 3.63) is 16.2 Å². The standard InChI is InChI=1S/C12H19BrN4/c1-8(2)17-5-3-9(4-6-17)11-7-10(13)12(14)16-15-11/h7-9H,3-6H2,1-2H3,(H2,14,16). The number of halogens is 1. The largest absolute Gasteiger partial charge is 0.381 e. The minimum atomic E-state index is 0.466. The molecule has 1 aromatic rings. The first-order valence-corrected chi connectivity index (χ1v) is 6.90. The zero-order chi connectivity index (χ0) is 12.4. The summed E-state index contributed by atoms with van der Waals surface area (Å²) in [7, 11) is 0. The third-order valence-electron chi connectivity index (χ3n) is 3.47. The predicted octanol–water partition coefficient (Wildman–Crippen LogP) is 2.41. The van der Waals surface area contributed by atoms with Crippen LogP contribution < -0.4 is 5.73 Å². The van der Waals surface area contributed by atoms with Gasteiger partial charge in [-0.2, -0.15) is 5.10 Å².